The van der Waals surface area contributed by atoms with E-state index in [0.29, 0.717) is 11.3 Å². The molecule has 1 aliphatic rings. The summed E-state index contributed by atoms with van der Waals surface area (Å²) in [7, 11) is 0. The summed E-state index contributed by atoms with van der Waals surface area (Å²) in [6.45, 7) is 4.01. The Bertz CT molecular complexity index is 1060. The van der Waals surface area contributed by atoms with Crippen LogP contribution in [0.15, 0.2) is 42.5 Å². The number of carbonyl (C=O) groups excluding carboxylic acids is 5. The summed E-state index contributed by atoms with van der Waals surface area (Å²) in [4.78, 5) is 61.6. The maximum Gasteiger partial charge on any atom is 0.329 e. The number of ether oxygens (including phenoxy) is 1. The number of hydrogen-bond donors (Lipinski definition) is 1. The fourth-order valence-corrected chi connectivity index (χ4v) is 3.11. The van der Waals surface area contributed by atoms with E-state index in [2.05, 4.69) is 5.32 Å². The van der Waals surface area contributed by atoms with Crippen LogP contribution in [0.5, 0.6) is 0 Å². The quantitative estimate of drug-likeness (QED) is 0.446. The summed E-state index contributed by atoms with van der Waals surface area (Å²) in [5.41, 5.74) is 2.13. The van der Waals surface area contributed by atoms with Gasteiger partial charge in [0.05, 0.1) is 11.1 Å². The van der Waals surface area contributed by atoms with Gasteiger partial charge in [-0.25, -0.2) is 4.79 Å². The van der Waals surface area contributed by atoms with E-state index in [1.165, 1.54) is 26.0 Å². The van der Waals surface area contributed by atoms with E-state index in [9.17, 15) is 24.0 Å². The molecule has 0 aromatic heterocycles. The minimum absolute atomic E-state index is 0.236. The number of ketones is 1. The molecule has 1 N–H and O–H groups in total. The Morgan fingerprint density at radius 2 is 1.63 bits per heavy atom. The first-order chi connectivity index (χ1) is 14.2. The molecule has 0 fully saturated rings. The van der Waals surface area contributed by atoms with E-state index in [-0.39, 0.29) is 17.0 Å². The minimum Gasteiger partial charge on any atom is -0.456 e. The number of esters is 1. The molecule has 2 aromatic carbocycles. The zero-order valence-corrected chi connectivity index (χ0v) is 16.7. The van der Waals surface area contributed by atoms with Crippen LogP contribution >= 0.6 is 0 Å². The molecule has 30 heavy (non-hydrogen) atoms. The molecule has 1 unspecified atom stereocenters. The number of nitrogens with one attached hydrogen (secondary N) is 1. The average Bonchev–Trinajstić information content (AvgIpc) is 2.95. The fraction of sp³-hybridized carbons (Fsp3) is 0.227. The zero-order chi connectivity index (χ0) is 22.0. The Hall–Kier alpha value is -3.81. The van der Waals surface area contributed by atoms with Crippen LogP contribution in [0.25, 0.3) is 0 Å². The fourth-order valence-electron chi connectivity index (χ4n) is 3.11. The number of rotatable bonds is 6. The van der Waals surface area contributed by atoms with Crippen molar-refractivity contribution in [2.75, 3.05) is 11.9 Å². The van der Waals surface area contributed by atoms with Crippen LogP contribution in [0.3, 0.4) is 0 Å². The second-order valence-corrected chi connectivity index (χ2v) is 6.99. The van der Waals surface area contributed by atoms with Gasteiger partial charge in [-0.05, 0) is 50.2 Å². The van der Waals surface area contributed by atoms with Crippen molar-refractivity contribution in [1.29, 1.82) is 0 Å². The number of fused-ring (bicyclic) bond motifs is 1. The topological polar surface area (TPSA) is 110 Å². The van der Waals surface area contributed by atoms with Crippen molar-refractivity contribution in [1.82, 2.24) is 4.90 Å². The first kappa shape index (κ1) is 20.9. The lowest BCUT2D eigenvalue weighted by Crippen LogP contribution is -2.44. The summed E-state index contributed by atoms with van der Waals surface area (Å²) in [6.07, 6.45) is 0. The normalized spacial score (nSPS) is 13.6. The van der Waals surface area contributed by atoms with Gasteiger partial charge in [-0.15, -0.1) is 0 Å². The molecule has 1 heterocycles. The molecule has 0 radical (unpaired) electrons. The maximum atomic E-state index is 12.6. The van der Waals surface area contributed by atoms with Gasteiger partial charge in [0.15, 0.2) is 12.4 Å². The number of amides is 3. The van der Waals surface area contributed by atoms with Crippen molar-refractivity contribution < 1.29 is 28.7 Å². The predicted octanol–water partition coefficient (Wildman–Crippen LogP) is 2.36. The van der Waals surface area contributed by atoms with E-state index in [1.807, 2.05) is 0 Å². The number of anilines is 1. The van der Waals surface area contributed by atoms with Gasteiger partial charge in [-0.1, -0.05) is 11.6 Å². The Morgan fingerprint density at radius 3 is 2.27 bits per heavy atom. The SMILES string of the molecule is CC(=O)Nc1ccc(C(=O)COC(=O)C(C)N2C(=O)c3ccc(C)cc3C2=O)cc1. The van der Waals surface area contributed by atoms with E-state index < -0.39 is 36.2 Å². The van der Waals surface area contributed by atoms with Crippen molar-refractivity contribution in [3.05, 3.63) is 64.7 Å². The van der Waals surface area contributed by atoms with Crippen LogP contribution in [0, 0.1) is 6.92 Å². The van der Waals surface area contributed by atoms with Gasteiger partial charge in [0, 0.05) is 18.2 Å². The van der Waals surface area contributed by atoms with Gasteiger partial charge >= 0.3 is 5.97 Å². The molecule has 154 valence electrons. The predicted molar refractivity (Wildman–Crippen MR) is 107 cm³/mol. The van der Waals surface area contributed by atoms with E-state index in [1.54, 1.807) is 37.3 Å². The van der Waals surface area contributed by atoms with Gasteiger partial charge in [0.25, 0.3) is 11.8 Å². The number of aryl methyl sites for hydroxylation is 1. The summed E-state index contributed by atoms with van der Waals surface area (Å²) in [5.74, 6) is -2.69. The lowest BCUT2D eigenvalue weighted by atomic mass is 10.1. The van der Waals surface area contributed by atoms with Crippen LogP contribution in [0.4, 0.5) is 5.69 Å². The van der Waals surface area contributed by atoms with Crippen molar-refractivity contribution in [2.45, 2.75) is 26.8 Å². The van der Waals surface area contributed by atoms with Gasteiger partial charge in [0.2, 0.25) is 5.91 Å². The standard InChI is InChI=1S/C22H20N2O6/c1-12-4-9-17-18(10-12)21(28)24(20(17)27)13(2)22(29)30-11-19(26)15-5-7-16(8-6-15)23-14(3)25/h4-10,13H,11H2,1-3H3,(H,23,25). The summed E-state index contributed by atoms with van der Waals surface area (Å²) in [5, 5.41) is 2.58. The molecule has 0 saturated heterocycles. The molecule has 2 aromatic rings. The van der Waals surface area contributed by atoms with E-state index in [4.69, 9.17) is 4.74 Å². The molecule has 1 aliphatic heterocycles. The molecule has 3 amide bonds. The third-order valence-electron chi connectivity index (χ3n) is 4.67. The highest BCUT2D eigenvalue weighted by atomic mass is 16.5. The Kier molecular flexibility index (Phi) is 5.77. The Balaban J connectivity index is 1.62. The zero-order valence-electron chi connectivity index (χ0n) is 16.7. The Labute approximate surface area is 172 Å². The lowest BCUT2D eigenvalue weighted by molar-refractivity contribution is -0.146. The smallest absolute Gasteiger partial charge is 0.329 e. The molecule has 8 nitrogen and oxygen atoms in total. The van der Waals surface area contributed by atoms with Crippen molar-refractivity contribution in [3.8, 4) is 0 Å². The third kappa shape index (κ3) is 4.12. The molecule has 0 saturated carbocycles. The monoisotopic (exact) mass is 408 g/mol. The van der Waals surface area contributed by atoms with Gasteiger partial charge in [0.1, 0.15) is 6.04 Å². The van der Waals surface area contributed by atoms with Crippen LogP contribution in [0.2, 0.25) is 0 Å². The third-order valence-corrected chi connectivity index (χ3v) is 4.67. The van der Waals surface area contributed by atoms with Crippen LogP contribution < -0.4 is 5.32 Å². The molecular formula is C22H20N2O6. The number of hydrogen-bond acceptors (Lipinski definition) is 6. The number of imide groups is 1. The minimum atomic E-state index is -1.17. The van der Waals surface area contributed by atoms with E-state index >= 15 is 0 Å². The lowest BCUT2D eigenvalue weighted by Gasteiger charge is -2.20. The van der Waals surface area contributed by atoms with Crippen molar-refractivity contribution >= 4 is 35.2 Å². The highest BCUT2D eigenvalue weighted by molar-refractivity contribution is 6.22. The Morgan fingerprint density at radius 1 is 1.00 bits per heavy atom. The van der Waals surface area contributed by atoms with Gasteiger partial charge in [-0.2, -0.15) is 0 Å². The first-order valence-corrected chi connectivity index (χ1v) is 9.25. The molecule has 0 aliphatic carbocycles. The summed E-state index contributed by atoms with van der Waals surface area (Å²) < 4.78 is 5.04. The van der Waals surface area contributed by atoms with Crippen LogP contribution in [-0.4, -0.2) is 47.0 Å². The number of carbonyl (C=O) groups is 5. The largest absolute Gasteiger partial charge is 0.456 e. The highest BCUT2D eigenvalue weighted by Gasteiger charge is 2.41. The molecule has 0 spiro atoms. The summed E-state index contributed by atoms with van der Waals surface area (Å²) >= 11 is 0. The number of nitrogens with zero attached hydrogens (tertiary/aromatic N) is 1. The second kappa shape index (κ2) is 8.28. The van der Waals surface area contributed by atoms with Crippen molar-refractivity contribution in [2.24, 2.45) is 0 Å². The van der Waals surface area contributed by atoms with Gasteiger partial charge < -0.3 is 10.1 Å². The average molecular weight is 408 g/mol. The molecule has 0 bridgehead atoms. The summed E-state index contributed by atoms with van der Waals surface area (Å²) in [6, 6.07) is 9.80. The molecular weight excluding hydrogens is 388 g/mol. The van der Waals surface area contributed by atoms with Crippen LogP contribution in [-0.2, 0) is 14.3 Å². The number of Topliss-reactive ketones (excluding diaryl/α,β-unsaturated/α-hetero) is 1. The maximum absolute atomic E-state index is 12.6. The molecule has 1 atom stereocenters. The second-order valence-electron chi connectivity index (χ2n) is 6.99. The van der Waals surface area contributed by atoms with E-state index in [0.717, 1.165) is 10.5 Å². The van der Waals surface area contributed by atoms with Crippen molar-refractivity contribution in [3.63, 3.8) is 0 Å². The molecule has 3 rings (SSSR count). The van der Waals surface area contributed by atoms with Gasteiger partial charge in [-0.3, -0.25) is 24.1 Å². The highest BCUT2D eigenvalue weighted by Crippen LogP contribution is 2.26. The first-order valence-electron chi connectivity index (χ1n) is 9.25. The van der Waals surface area contributed by atoms with Crippen LogP contribution in [0.1, 0.15) is 50.5 Å². The number of benzene rings is 2. The molecule has 8 heteroatoms.